The Morgan fingerprint density at radius 3 is 2.30 bits per heavy atom. The first-order valence-electron chi connectivity index (χ1n) is 7.21. The number of hydrogen-bond acceptors (Lipinski definition) is 1. The Labute approximate surface area is 120 Å². The van der Waals surface area contributed by atoms with Gasteiger partial charge in [0.25, 0.3) is 0 Å². The third kappa shape index (κ3) is 2.68. The second-order valence-corrected chi connectivity index (χ2v) is 5.43. The zero-order valence-corrected chi connectivity index (χ0v) is 11.6. The highest BCUT2D eigenvalue weighted by molar-refractivity contribution is 5.22. The van der Waals surface area contributed by atoms with E-state index in [0.717, 1.165) is 13.0 Å². The minimum absolute atomic E-state index is 0.155. The lowest BCUT2D eigenvalue weighted by molar-refractivity contribution is 0.0977. The molecule has 2 aromatic carbocycles. The van der Waals surface area contributed by atoms with Crippen LogP contribution in [0.15, 0.2) is 73.3 Å². The van der Waals surface area contributed by atoms with Crippen molar-refractivity contribution in [3.05, 3.63) is 84.4 Å². The number of ether oxygens (including phenoxy) is 1. The first-order valence-corrected chi connectivity index (χ1v) is 7.21. The van der Waals surface area contributed by atoms with Crippen molar-refractivity contribution >= 4 is 0 Å². The van der Waals surface area contributed by atoms with Crippen LogP contribution in [0.1, 0.15) is 17.2 Å². The number of rotatable bonds is 4. The van der Waals surface area contributed by atoms with Gasteiger partial charge in [-0.2, -0.15) is 0 Å². The molecule has 0 radical (unpaired) electrons. The van der Waals surface area contributed by atoms with Gasteiger partial charge in [-0.15, -0.1) is 6.58 Å². The van der Waals surface area contributed by atoms with Gasteiger partial charge in [0, 0.05) is 5.92 Å². The highest BCUT2D eigenvalue weighted by Gasteiger charge is 2.35. The van der Waals surface area contributed by atoms with Crippen molar-refractivity contribution in [2.24, 2.45) is 11.8 Å². The average Bonchev–Trinajstić information content (AvgIpc) is 2.92. The average molecular weight is 264 g/mol. The van der Waals surface area contributed by atoms with Crippen molar-refractivity contribution in [3.63, 3.8) is 0 Å². The Kier molecular flexibility index (Phi) is 3.98. The molecule has 3 atom stereocenters. The molecule has 0 bridgehead atoms. The van der Waals surface area contributed by atoms with Crippen LogP contribution in [0.25, 0.3) is 0 Å². The van der Waals surface area contributed by atoms with E-state index in [9.17, 15) is 0 Å². The van der Waals surface area contributed by atoms with E-state index in [0.29, 0.717) is 11.8 Å². The van der Waals surface area contributed by atoms with E-state index in [1.165, 1.54) is 11.1 Å². The van der Waals surface area contributed by atoms with Crippen LogP contribution in [0.2, 0.25) is 0 Å². The van der Waals surface area contributed by atoms with Crippen molar-refractivity contribution in [2.45, 2.75) is 12.5 Å². The van der Waals surface area contributed by atoms with Crippen LogP contribution >= 0.6 is 0 Å². The summed E-state index contributed by atoms with van der Waals surface area (Å²) in [7, 11) is 0. The lowest BCUT2D eigenvalue weighted by Crippen LogP contribution is -2.15. The van der Waals surface area contributed by atoms with E-state index in [-0.39, 0.29) is 6.10 Å². The molecule has 1 aliphatic rings. The monoisotopic (exact) mass is 264 g/mol. The van der Waals surface area contributed by atoms with E-state index in [1.54, 1.807) is 0 Å². The predicted molar refractivity (Wildman–Crippen MR) is 82.5 cm³/mol. The van der Waals surface area contributed by atoms with Crippen LogP contribution in [-0.4, -0.2) is 6.61 Å². The Morgan fingerprint density at radius 1 is 1.00 bits per heavy atom. The molecule has 102 valence electrons. The number of hydrogen-bond donors (Lipinski definition) is 0. The SMILES string of the molecule is C=C[C@H]1[C@H](Cc2ccccc2)CO[C@@H]1c1ccccc1. The van der Waals surface area contributed by atoms with Crippen LogP contribution < -0.4 is 0 Å². The molecule has 0 amide bonds. The standard InChI is InChI=1S/C19H20O/c1-2-18-17(13-15-9-5-3-6-10-15)14-20-19(18)16-11-7-4-8-12-16/h2-12,17-19H,1,13-14H2/t17-,18+,19-/m1/s1. The molecule has 20 heavy (non-hydrogen) atoms. The van der Waals surface area contributed by atoms with Gasteiger partial charge in [-0.25, -0.2) is 0 Å². The first-order chi connectivity index (χ1) is 9.88. The molecule has 0 N–H and O–H groups in total. The van der Waals surface area contributed by atoms with Crippen LogP contribution in [0.4, 0.5) is 0 Å². The summed E-state index contributed by atoms with van der Waals surface area (Å²) >= 11 is 0. The highest BCUT2D eigenvalue weighted by atomic mass is 16.5. The van der Waals surface area contributed by atoms with E-state index in [1.807, 2.05) is 6.07 Å². The first kappa shape index (κ1) is 13.1. The third-order valence-electron chi connectivity index (χ3n) is 4.12. The van der Waals surface area contributed by atoms with Crippen molar-refractivity contribution in [1.29, 1.82) is 0 Å². The molecule has 1 heteroatoms. The lowest BCUT2D eigenvalue weighted by Gasteiger charge is -2.19. The van der Waals surface area contributed by atoms with E-state index in [4.69, 9.17) is 4.74 Å². The summed E-state index contributed by atoms with van der Waals surface area (Å²) in [6.07, 6.45) is 3.28. The van der Waals surface area contributed by atoms with E-state index < -0.39 is 0 Å². The maximum absolute atomic E-state index is 6.06. The molecule has 0 saturated carbocycles. The van der Waals surface area contributed by atoms with Crippen LogP contribution in [-0.2, 0) is 11.2 Å². The van der Waals surface area contributed by atoms with Gasteiger partial charge in [0.2, 0.25) is 0 Å². The minimum atomic E-state index is 0.155. The van der Waals surface area contributed by atoms with Gasteiger partial charge in [-0.1, -0.05) is 66.7 Å². The molecule has 0 aromatic heterocycles. The fourth-order valence-corrected chi connectivity index (χ4v) is 3.09. The topological polar surface area (TPSA) is 9.23 Å². The molecular weight excluding hydrogens is 244 g/mol. The molecule has 0 aliphatic carbocycles. The molecular formula is C19H20O. The summed E-state index contributed by atoms with van der Waals surface area (Å²) in [5.41, 5.74) is 2.63. The van der Waals surface area contributed by atoms with Crippen LogP contribution in [0.5, 0.6) is 0 Å². The maximum Gasteiger partial charge on any atom is 0.0891 e. The second kappa shape index (κ2) is 6.06. The normalized spacial score (nSPS) is 25.5. The van der Waals surface area contributed by atoms with Gasteiger partial charge < -0.3 is 4.74 Å². The second-order valence-electron chi connectivity index (χ2n) is 5.43. The quantitative estimate of drug-likeness (QED) is 0.743. The summed E-state index contributed by atoms with van der Waals surface area (Å²) in [6, 6.07) is 21.1. The number of benzene rings is 2. The Hall–Kier alpha value is -1.86. The molecule has 2 aromatic rings. The Bertz CT molecular complexity index is 546. The van der Waals surface area contributed by atoms with Gasteiger partial charge in [0.15, 0.2) is 0 Å². The smallest absolute Gasteiger partial charge is 0.0891 e. The molecule has 0 spiro atoms. The third-order valence-corrected chi connectivity index (χ3v) is 4.12. The van der Waals surface area contributed by atoms with Gasteiger partial charge in [-0.05, 0) is 23.5 Å². The summed E-state index contributed by atoms with van der Waals surface area (Å²) in [6.45, 7) is 4.84. The van der Waals surface area contributed by atoms with E-state index >= 15 is 0 Å². The van der Waals surface area contributed by atoms with Crippen molar-refractivity contribution in [2.75, 3.05) is 6.61 Å². The highest BCUT2D eigenvalue weighted by Crippen LogP contribution is 2.40. The van der Waals surface area contributed by atoms with Crippen molar-refractivity contribution in [3.8, 4) is 0 Å². The summed E-state index contributed by atoms with van der Waals surface area (Å²) in [4.78, 5) is 0. The Morgan fingerprint density at radius 2 is 1.65 bits per heavy atom. The lowest BCUT2D eigenvalue weighted by atomic mass is 9.84. The van der Waals surface area contributed by atoms with Crippen LogP contribution in [0, 0.1) is 11.8 Å². The molecule has 1 saturated heterocycles. The predicted octanol–water partition coefficient (Wildman–Crippen LogP) is 4.42. The summed E-state index contributed by atoms with van der Waals surface area (Å²) in [5, 5.41) is 0. The van der Waals surface area contributed by atoms with Gasteiger partial charge in [-0.3, -0.25) is 0 Å². The molecule has 1 fully saturated rings. The zero-order valence-electron chi connectivity index (χ0n) is 11.6. The van der Waals surface area contributed by atoms with Crippen LogP contribution in [0.3, 0.4) is 0 Å². The zero-order chi connectivity index (χ0) is 13.8. The fraction of sp³-hybridized carbons (Fsp3) is 0.263. The van der Waals surface area contributed by atoms with Gasteiger partial charge >= 0.3 is 0 Å². The molecule has 1 aliphatic heterocycles. The Balaban J connectivity index is 1.76. The fourth-order valence-electron chi connectivity index (χ4n) is 3.09. The van der Waals surface area contributed by atoms with E-state index in [2.05, 4.69) is 67.3 Å². The van der Waals surface area contributed by atoms with Crippen molar-refractivity contribution < 1.29 is 4.74 Å². The molecule has 1 nitrogen and oxygen atoms in total. The summed E-state index contributed by atoms with van der Waals surface area (Å²) in [5.74, 6) is 0.901. The minimum Gasteiger partial charge on any atom is -0.373 e. The maximum atomic E-state index is 6.06. The molecule has 1 heterocycles. The largest absolute Gasteiger partial charge is 0.373 e. The molecule has 0 unspecified atom stereocenters. The van der Waals surface area contributed by atoms with Gasteiger partial charge in [0.1, 0.15) is 0 Å². The molecule has 3 rings (SSSR count). The van der Waals surface area contributed by atoms with Gasteiger partial charge in [0.05, 0.1) is 12.7 Å². The summed E-state index contributed by atoms with van der Waals surface area (Å²) < 4.78 is 6.06. The van der Waals surface area contributed by atoms with Crippen molar-refractivity contribution in [1.82, 2.24) is 0 Å².